The molecule has 0 bridgehead atoms. The van der Waals surface area contributed by atoms with Gasteiger partial charge in [0.25, 0.3) is 0 Å². The molecule has 0 heterocycles. The third-order valence-electron chi connectivity index (χ3n) is 2.53. The van der Waals surface area contributed by atoms with Gasteiger partial charge in [0.1, 0.15) is 0 Å². The molecule has 1 atom stereocenters. The number of rotatable bonds is 3. The summed E-state index contributed by atoms with van der Waals surface area (Å²) in [7, 11) is 1.42. The first-order valence-electron chi connectivity index (χ1n) is 4.85. The lowest BCUT2D eigenvalue weighted by atomic mass is 9.89. The molecule has 0 aromatic heterocycles. The third-order valence-corrected chi connectivity index (χ3v) is 2.53. The largest absolute Gasteiger partial charge is 0.469 e. The van der Waals surface area contributed by atoms with Crippen molar-refractivity contribution in [2.24, 2.45) is 11.7 Å². The average molecular weight is 195 g/mol. The molecule has 1 rings (SSSR count). The van der Waals surface area contributed by atoms with Gasteiger partial charge < -0.3 is 10.5 Å². The van der Waals surface area contributed by atoms with Gasteiger partial charge >= 0.3 is 5.97 Å². The summed E-state index contributed by atoms with van der Waals surface area (Å²) in [5, 5.41) is 0. The van der Waals surface area contributed by atoms with E-state index < -0.39 is 0 Å². The van der Waals surface area contributed by atoms with Gasteiger partial charge in [-0.2, -0.15) is 0 Å². The minimum Gasteiger partial charge on any atom is -0.469 e. The van der Waals surface area contributed by atoms with E-state index in [0.717, 1.165) is 18.5 Å². The Morgan fingerprint density at radius 1 is 1.64 bits per heavy atom. The fraction of sp³-hybridized carbons (Fsp3) is 0.545. The van der Waals surface area contributed by atoms with Gasteiger partial charge in [-0.15, -0.1) is 0 Å². The number of nitrogens with two attached hydrogens (primary N) is 1. The highest BCUT2D eigenvalue weighted by atomic mass is 16.5. The van der Waals surface area contributed by atoms with Gasteiger partial charge in [-0.1, -0.05) is 18.6 Å². The Bertz CT molecular complexity index is 279. The van der Waals surface area contributed by atoms with E-state index in [1.54, 1.807) is 0 Å². The predicted octanol–water partition coefficient (Wildman–Crippen LogP) is 1.75. The molecule has 1 unspecified atom stereocenters. The lowest BCUT2D eigenvalue weighted by molar-refractivity contribution is -0.140. The molecular formula is C11H17NO2. The molecule has 2 N–H and O–H groups in total. The fourth-order valence-electron chi connectivity index (χ4n) is 1.61. The van der Waals surface area contributed by atoms with Crippen molar-refractivity contribution in [1.29, 1.82) is 0 Å². The highest BCUT2D eigenvalue weighted by Crippen LogP contribution is 2.25. The molecule has 1 aliphatic rings. The van der Waals surface area contributed by atoms with Crippen molar-refractivity contribution in [3.8, 4) is 0 Å². The van der Waals surface area contributed by atoms with E-state index in [1.165, 1.54) is 12.7 Å². The molecule has 0 saturated heterocycles. The van der Waals surface area contributed by atoms with Crippen LogP contribution in [0.15, 0.2) is 23.4 Å². The number of methoxy groups -OCH3 is 1. The van der Waals surface area contributed by atoms with E-state index in [-0.39, 0.29) is 5.97 Å². The zero-order valence-electron chi connectivity index (χ0n) is 8.75. The number of ether oxygens (including phenoxy) is 1. The Morgan fingerprint density at radius 2 is 2.36 bits per heavy atom. The van der Waals surface area contributed by atoms with Gasteiger partial charge in [0.2, 0.25) is 0 Å². The highest BCUT2D eigenvalue weighted by Gasteiger charge is 2.14. The summed E-state index contributed by atoms with van der Waals surface area (Å²) in [5.74, 6) is 0.297. The monoisotopic (exact) mass is 195 g/mol. The molecule has 0 aromatic carbocycles. The van der Waals surface area contributed by atoms with Crippen molar-refractivity contribution in [2.75, 3.05) is 7.11 Å². The minimum absolute atomic E-state index is 0.152. The van der Waals surface area contributed by atoms with Gasteiger partial charge in [-0.3, -0.25) is 4.79 Å². The first kappa shape index (κ1) is 10.8. The summed E-state index contributed by atoms with van der Waals surface area (Å²) in [5.41, 5.74) is 7.89. The molecule has 0 radical (unpaired) electrons. The SMILES string of the molecule is COC(=O)CCC1=CC=C(N)CC1C. The fourth-order valence-corrected chi connectivity index (χ4v) is 1.61. The lowest BCUT2D eigenvalue weighted by Crippen LogP contribution is -2.11. The number of allylic oxidation sites excluding steroid dienone is 4. The van der Waals surface area contributed by atoms with Crippen LogP contribution in [-0.2, 0) is 9.53 Å². The maximum absolute atomic E-state index is 10.9. The Hall–Kier alpha value is -1.25. The Kier molecular flexibility index (Phi) is 3.74. The van der Waals surface area contributed by atoms with Gasteiger partial charge in [0.05, 0.1) is 7.11 Å². The van der Waals surface area contributed by atoms with E-state index >= 15 is 0 Å². The van der Waals surface area contributed by atoms with Crippen LogP contribution in [0.4, 0.5) is 0 Å². The Labute approximate surface area is 84.6 Å². The maximum atomic E-state index is 10.9. The summed E-state index contributed by atoms with van der Waals surface area (Å²) in [4.78, 5) is 10.9. The van der Waals surface area contributed by atoms with Crippen molar-refractivity contribution in [1.82, 2.24) is 0 Å². The highest BCUT2D eigenvalue weighted by molar-refractivity contribution is 5.69. The molecule has 0 fully saturated rings. The van der Waals surface area contributed by atoms with Crippen molar-refractivity contribution in [2.45, 2.75) is 26.2 Å². The molecule has 78 valence electrons. The van der Waals surface area contributed by atoms with Crippen molar-refractivity contribution in [3.05, 3.63) is 23.4 Å². The Balaban J connectivity index is 2.48. The molecule has 14 heavy (non-hydrogen) atoms. The normalized spacial score (nSPS) is 21.1. The van der Waals surface area contributed by atoms with Crippen molar-refractivity contribution >= 4 is 5.97 Å². The smallest absolute Gasteiger partial charge is 0.305 e. The first-order valence-corrected chi connectivity index (χ1v) is 4.85. The van der Waals surface area contributed by atoms with Crippen LogP contribution in [0.5, 0.6) is 0 Å². The van der Waals surface area contributed by atoms with E-state index in [0.29, 0.717) is 12.3 Å². The van der Waals surface area contributed by atoms with E-state index in [9.17, 15) is 4.79 Å². The molecule has 3 nitrogen and oxygen atoms in total. The zero-order chi connectivity index (χ0) is 10.6. The summed E-state index contributed by atoms with van der Waals surface area (Å²) in [6, 6.07) is 0. The van der Waals surface area contributed by atoms with Crippen LogP contribution in [0.25, 0.3) is 0 Å². The quantitative estimate of drug-likeness (QED) is 0.698. The molecule has 0 amide bonds. The van der Waals surface area contributed by atoms with Crippen molar-refractivity contribution < 1.29 is 9.53 Å². The molecule has 0 aromatic rings. The second-order valence-electron chi connectivity index (χ2n) is 3.66. The van der Waals surface area contributed by atoms with Gasteiger partial charge in [0.15, 0.2) is 0 Å². The predicted molar refractivity (Wildman–Crippen MR) is 55.4 cm³/mol. The van der Waals surface area contributed by atoms with Crippen LogP contribution in [0.3, 0.4) is 0 Å². The standard InChI is InChI=1S/C11H17NO2/c1-8-7-10(12)5-3-9(8)4-6-11(13)14-2/h3,5,8H,4,6-7,12H2,1-2H3. The summed E-state index contributed by atoms with van der Waals surface area (Å²) >= 11 is 0. The van der Waals surface area contributed by atoms with Gasteiger partial charge in [-0.25, -0.2) is 0 Å². The molecule has 0 spiro atoms. The van der Waals surface area contributed by atoms with E-state index in [2.05, 4.69) is 11.7 Å². The summed E-state index contributed by atoms with van der Waals surface area (Å²) in [6.45, 7) is 2.13. The maximum Gasteiger partial charge on any atom is 0.305 e. The van der Waals surface area contributed by atoms with Gasteiger partial charge in [-0.05, 0) is 24.8 Å². The number of carbonyl (C=O) groups excluding carboxylic acids is 1. The second-order valence-corrected chi connectivity index (χ2v) is 3.66. The lowest BCUT2D eigenvalue weighted by Gasteiger charge is -2.19. The van der Waals surface area contributed by atoms with Crippen LogP contribution in [0.2, 0.25) is 0 Å². The molecular weight excluding hydrogens is 178 g/mol. The number of carbonyl (C=O) groups is 1. The number of hydrogen-bond donors (Lipinski definition) is 1. The van der Waals surface area contributed by atoms with Crippen molar-refractivity contribution in [3.63, 3.8) is 0 Å². The minimum atomic E-state index is -0.152. The molecule has 0 aliphatic heterocycles. The average Bonchev–Trinajstić information content (AvgIpc) is 2.16. The topological polar surface area (TPSA) is 52.3 Å². The molecule has 0 saturated carbocycles. The van der Waals surface area contributed by atoms with Crippen LogP contribution in [0, 0.1) is 5.92 Å². The van der Waals surface area contributed by atoms with E-state index in [1.807, 2.05) is 12.2 Å². The van der Waals surface area contributed by atoms with Gasteiger partial charge in [0, 0.05) is 12.1 Å². The zero-order valence-corrected chi connectivity index (χ0v) is 8.75. The van der Waals surface area contributed by atoms with E-state index in [4.69, 9.17) is 5.73 Å². The second kappa shape index (κ2) is 4.84. The van der Waals surface area contributed by atoms with Crippen LogP contribution < -0.4 is 5.73 Å². The summed E-state index contributed by atoms with van der Waals surface area (Å²) in [6.07, 6.45) is 6.07. The molecule has 3 heteroatoms. The Morgan fingerprint density at radius 3 is 2.93 bits per heavy atom. The number of hydrogen-bond acceptors (Lipinski definition) is 3. The molecule has 1 aliphatic carbocycles. The number of esters is 1. The first-order chi connectivity index (χ1) is 6.63. The third kappa shape index (κ3) is 2.91. The summed E-state index contributed by atoms with van der Waals surface area (Å²) < 4.78 is 4.59. The van der Waals surface area contributed by atoms with Crippen LogP contribution >= 0.6 is 0 Å². The van der Waals surface area contributed by atoms with Crippen LogP contribution in [-0.4, -0.2) is 13.1 Å². The van der Waals surface area contributed by atoms with Crippen LogP contribution in [0.1, 0.15) is 26.2 Å².